The van der Waals surface area contributed by atoms with Gasteiger partial charge in [-0.15, -0.1) is 0 Å². The van der Waals surface area contributed by atoms with Crippen molar-refractivity contribution in [2.24, 2.45) is 0 Å². The molecule has 3 aromatic rings. The monoisotopic (exact) mass is 457 g/mol. The summed E-state index contributed by atoms with van der Waals surface area (Å²) in [5.74, 6) is -0.487. The molecule has 6 rings (SSSR count). The van der Waals surface area contributed by atoms with E-state index in [1.165, 1.54) is 7.11 Å². The van der Waals surface area contributed by atoms with Gasteiger partial charge < -0.3 is 9.72 Å². The average Bonchev–Trinajstić information content (AvgIpc) is 3.37. The zero-order valence-corrected chi connectivity index (χ0v) is 19.1. The van der Waals surface area contributed by atoms with Gasteiger partial charge >= 0.3 is 12.0 Å². The molecule has 2 aliphatic heterocycles. The maximum Gasteiger partial charge on any atom is 0.337 e. The van der Waals surface area contributed by atoms with E-state index in [9.17, 15) is 14.4 Å². The van der Waals surface area contributed by atoms with Crippen molar-refractivity contribution in [3.05, 3.63) is 70.9 Å². The first-order chi connectivity index (χ1) is 16.6. The summed E-state index contributed by atoms with van der Waals surface area (Å²) >= 11 is 0. The fourth-order valence-electron chi connectivity index (χ4n) is 6.04. The van der Waals surface area contributed by atoms with E-state index in [-0.39, 0.29) is 18.0 Å². The number of H-pyrrole nitrogens is 1. The van der Waals surface area contributed by atoms with Crippen LogP contribution in [0.2, 0.25) is 0 Å². The minimum atomic E-state index is -0.522. The molecule has 1 N–H and O–H groups in total. The third-order valence-corrected chi connectivity index (χ3v) is 7.67. The lowest BCUT2D eigenvalue weighted by Gasteiger charge is -2.36. The largest absolute Gasteiger partial charge is 0.465 e. The van der Waals surface area contributed by atoms with E-state index in [1.807, 2.05) is 30.3 Å². The van der Waals surface area contributed by atoms with Crippen LogP contribution in [-0.2, 0) is 16.0 Å². The summed E-state index contributed by atoms with van der Waals surface area (Å²) < 4.78 is 4.84. The first-order valence-electron chi connectivity index (χ1n) is 12.0. The minimum Gasteiger partial charge on any atom is -0.465 e. The van der Waals surface area contributed by atoms with Gasteiger partial charge in [0.05, 0.1) is 12.7 Å². The van der Waals surface area contributed by atoms with Crippen molar-refractivity contribution < 1.29 is 19.1 Å². The number of nitrogens with one attached hydrogen (secondary N) is 1. The highest BCUT2D eigenvalue weighted by Gasteiger charge is 2.54. The predicted octanol–water partition coefficient (Wildman–Crippen LogP) is 4.57. The number of aromatic amines is 1. The van der Waals surface area contributed by atoms with Crippen LogP contribution < -0.4 is 0 Å². The van der Waals surface area contributed by atoms with Crippen LogP contribution in [0.5, 0.6) is 0 Å². The summed E-state index contributed by atoms with van der Waals surface area (Å²) in [7, 11) is 1.35. The molecular weight excluding hydrogens is 430 g/mol. The summed E-state index contributed by atoms with van der Waals surface area (Å²) in [6.45, 7) is 0. The van der Waals surface area contributed by atoms with E-state index in [2.05, 4.69) is 11.1 Å². The Kier molecular flexibility index (Phi) is 4.94. The van der Waals surface area contributed by atoms with Crippen molar-refractivity contribution in [3.63, 3.8) is 0 Å². The van der Waals surface area contributed by atoms with Gasteiger partial charge in [-0.3, -0.25) is 14.6 Å². The number of imide groups is 1. The number of ether oxygens (including phenoxy) is 1. The standard InChI is InChI=1S/C27H27N3O4/c1-34-26(32)17-13-11-16(12-14-17)24-23-20(19-9-5-6-10-21(19)28-23)15-22-25(31)29(27(33)30(22)24)18-7-3-2-4-8-18/h5-6,9-14,18,22,24,28H,2-4,7-8,15H2,1H3/t22-,24-/m0/s1. The van der Waals surface area contributed by atoms with Crippen LogP contribution in [0.3, 0.4) is 0 Å². The lowest BCUT2D eigenvalue weighted by Crippen LogP contribution is -2.44. The second-order valence-corrected chi connectivity index (χ2v) is 9.49. The minimum absolute atomic E-state index is 0.0169. The van der Waals surface area contributed by atoms with Gasteiger partial charge in [-0.25, -0.2) is 9.59 Å². The molecule has 2 atom stereocenters. The number of para-hydroxylation sites is 1. The number of hydrogen-bond donors (Lipinski definition) is 1. The van der Waals surface area contributed by atoms with E-state index in [0.717, 1.165) is 59.8 Å². The number of methoxy groups -OCH3 is 1. The molecule has 1 aliphatic carbocycles. The Bertz CT molecular complexity index is 1290. The van der Waals surface area contributed by atoms with Gasteiger partial charge in [0.2, 0.25) is 0 Å². The number of rotatable bonds is 3. The van der Waals surface area contributed by atoms with Crippen molar-refractivity contribution in [2.75, 3.05) is 7.11 Å². The molecule has 1 saturated heterocycles. The molecule has 0 radical (unpaired) electrons. The van der Waals surface area contributed by atoms with Crippen molar-refractivity contribution in [1.29, 1.82) is 0 Å². The van der Waals surface area contributed by atoms with Crippen molar-refractivity contribution in [2.45, 2.75) is 56.7 Å². The van der Waals surface area contributed by atoms with Crippen molar-refractivity contribution in [3.8, 4) is 0 Å². The van der Waals surface area contributed by atoms with Gasteiger partial charge in [-0.05, 0) is 42.2 Å². The van der Waals surface area contributed by atoms with E-state index >= 15 is 0 Å². The first-order valence-corrected chi connectivity index (χ1v) is 12.0. The molecule has 0 spiro atoms. The van der Waals surface area contributed by atoms with Gasteiger partial charge in [0, 0.05) is 29.1 Å². The number of carbonyl (C=O) groups is 3. The van der Waals surface area contributed by atoms with Gasteiger partial charge in [-0.1, -0.05) is 49.6 Å². The van der Waals surface area contributed by atoms with Gasteiger partial charge in [0.1, 0.15) is 12.1 Å². The maximum absolute atomic E-state index is 13.8. The molecule has 0 unspecified atom stereocenters. The number of benzene rings is 2. The normalized spacial score (nSPS) is 22.7. The topological polar surface area (TPSA) is 82.7 Å². The molecule has 174 valence electrons. The third kappa shape index (κ3) is 3.06. The maximum atomic E-state index is 13.8. The Morgan fingerprint density at radius 2 is 1.74 bits per heavy atom. The van der Waals surface area contributed by atoms with Crippen LogP contribution >= 0.6 is 0 Å². The van der Waals surface area contributed by atoms with Crippen molar-refractivity contribution in [1.82, 2.24) is 14.8 Å². The summed E-state index contributed by atoms with van der Waals surface area (Å²) in [6, 6.07) is 14.0. The Morgan fingerprint density at radius 3 is 2.47 bits per heavy atom. The Morgan fingerprint density at radius 1 is 1.00 bits per heavy atom. The smallest absolute Gasteiger partial charge is 0.337 e. The number of urea groups is 1. The van der Waals surface area contributed by atoms with Crippen LogP contribution in [0.25, 0.3) is 10.9 Å². The third-order valence-electron chi connectivity index (χ3n) is 7.67. The lowest BCUT2D eigenvalue weighted by molar-refractivity contribution is -0.130. The molecule has 1 saturated carbocycles. The van der Waals surface area contributed by atoms with E-state index in [4.69, 9.17) is 4.74 Å². The van der Waals surface area contributed by atoms with E-state index in [1.54, 1.807) is 21.9 Å². The molecule has 3 aliphatic rings. The zero-order valence-electron chi connectivity index (χ0n) is 19.1. The molecule has 7 heteroatoms. The molecule has 0 bridgehead atoms. The zero-order chi connectivity index (χ0) is 23.4. The van der Waals surface area contributed by atoms with E-state index < -0.39 is 18.1 Å². The number of amides is 3. The lowest BCUT2D eigenvalue weighted by atomic mass is 9.88. The highest BCUT2D eigenvalue weighted by atomic mass is 16.5. The van der Waals surface area contributed by atoms with Crippen molar-refractivity contribution >= 4 is 28.8 Å². The summed E-state index contributed by atoms with van der Waals surface area (Å²) in [4.78, 5) is 46.3. The Balaban J connectivity index is 1.48. The van der Waals surface area contributed by atoms with Gasteiger partial charge in [0.25, 0.3) is 5.91 Å². The van der Waals surface area contributed by atoms with Gasteiger partial charge in [0.15, 0.2) is 0 Å². The molecule has 34 heavy (non-hydrogen) atoms. The molecular formula is C27H27N3O4. The Hall–Kier alpha value is -3.61. The molecule has 7 nitrogen and oxygen atoms in total. The summed E-state index contributed by atoms with van der Waals surface area (Å²) in [6.07, 6.45) is 5.52. The molecule has 2 fully saturated rings. The van der Waals surface area contributed by atoms with Crippen LogP contribution in [0.1, 0.15) is 65.3 Å². The molecule has 3 heterocycles. The molecule has 1 aromatic heterocycles. The Labute approximate surface area is 197 Å². The van der Waals surface area contributed by atoms with Crippen LogP contribution in [-0.4, -0.2) is 51.9 Å². The van der Waals surface area contributed by atoms with Crippen LogP contribution in [0.4, 0.5) is 4.79 Å². The highest BCUT2D eigenvalue weighted by molar-refractivity contribution is 6.06. The van der Waals surface area contributed by atoms with E-state index in [0.29, 0.717) is 12.0 Å². The quantitative estimate of drug-likeness (QED) is 0.462. The SMILES string of the molecule is COC(=O)c1ccc([C@H]2c3[nH]c4ccccc4c3C[C@H]3C(=O)N(C4CCCCC4)C(=O)N23)cc1. The number of aromatic nitrogens is 1. The number of nitrogens with zero attached hydrogens (tertiary/aromatic N) is 2. The molecule has 3 amide bonds. The number of hydrogen-bond acceptors (Lipinski definition) is 4. The predicted molar refractivity (Wildman–Crippen MR) is 126 cm³/mol. The first kappa shape index (κ1) is 21.0. The second kappa shape index (κ2) is 8.01. The fourth-order valence-corrected chi connectivity index (χ4v) is 6.04. The van der Waals surface area contributed by atoms with Crippen LogP contribution in [0, 0.1) is 0 Å². The number of fused-ring (bicyclic) bond motifs is 4. The fraction of sp³-hybridized carbons (Fsp3) is 0.370. The second-order valence-electron chi connectivity index (χ2n) is 9.49. The average molecular weight is 458 g/mol. The van der Waals surface area contributed by atoms with Gasteiger partial charge in [-0.2, -0.15) is 0 Å². The number of esters is 1. The van der Waals surface area contributed by atoms with Crippen LogP contribution in [0.15, 0.2) is 48.5 Å². The molecule has 2 aromatic carbocycles. The highest BCUT2D eigenvalue weighted by Crippen LogP contribution is 2.45. The summed E-state index contributed by atoms with van der Waals surface area (Å²) in [5.41, 5.74) is 4.33. The number of carbonyl (C=O) groups excluding carboxylic acids is 3. The summed E-state index contributed by atoms with van der Waals surface area (Å²) in [5, 5.41) is 1.09.